The molecule has 1 aliphatic heterocycles. The van der Waals surface area contributed by atoms with Gasteiger partial charge in [-0.05, 0) is 37.8 Å². The summed E-state index contributed by atoms with van der Waals surface area (Å²) in [7, 11) is 0. The predicted octanol–water partition coefficient (Wildman–Crippen LogP) is 1.32. The Bertz CT molecular complexity index is 533. The quantitative estimate of drug-likeness (QED) is 0.857. The highest BCUT2D eigenvalue weighted by Crippen LogP contribution is 2.23. The molecule has 0 spiro atoms. The van der Waals surface area contributed by atoms with Crippen LogP contribution in [-0.4, -0.2) is 43.7 Å². The number of hydrogen-bond acceptors (Lipinski definition) is 5. The summed E-state index contributed by atoms with van der Waals surface area (Å²) in [6, 6.07) is 5.76. The van der Waals surface area contributed by atoms with Crippen molar-refractivity contribution >= 4 is 11.7 Å². The number of anilines is 1. The van der Waals surface area contributed by atoms with Crippen LogP contribution in [0.15, 0.2) is 18.3 Å². The van der Waals surface area contributed by atoms with Crippen LogP contribution in [0, 0.1) is 17.2 Å². The van der Waals surface area contributed by atoms with Crippen molar-refractivity contribution in [3.8, 4) is 6.07 Å². The Morgan fingerprint density at radius 2 is 2.32 bits per heavy atom. The first-order valence-electron chi connectivity index (χ1n) is 7.69. The zero-order valence-electron chi connectivity index (χ0n) is 12.9. The fraction of sp³-hybridized carbons (Fsp3) is 0.562. The minimum atomic E-state index is -0.0548. The van der Waals surface area contributed by atoms with Crippen LogP contribution in [0.5, 0.6) is 0 Å². The van der Waals surface area contributed by atoms with Gasteiger partial charge in [-0.25, -0.2) is 4.98 Å². The monoisotopic (exact) mass is 302 g/mol. The third kappa shape index (κ3) is 4.43. The Balaban J connectivity index is 1.78. The van der Waals surface area contributed by atoms with E-state index in [1.165, 1.54) is 0 Å². The van der Waals surface area contributed by atoms with Crippen LogP contribution in [0.4, 0.5) is 5.82 Å². The highest BCUT2D eigenvalue weighted by atomic mass is 16.5. The third-order valence-corrected chi connectivity index (χ3v) is 3.85. The van der Waals surface area contributed by atoms with Gasteiger partial charge < -0.3 is 15.0 Å². The van der Waals surface area contributed by atoms with E-state index in [2.05, 4.69) is 21.3 Å². The summed E-state index contributed by atoms with van der Waals surface area (Å²) >= 11 is 0. The van der Waals surface area contributed by atoms with Crippen molar-refractivity contribution in [2.75, 3.05) is 37.7 Å². The number of nitriles is 1. The summed E-state index contributed by atoms with van der Waals surface area (Å²) in [6.07, 6.45) is 3.68. The molecule has 0 bridgehead atoms. The molecule has 1 fully saturated rings. The van der Waals surface area contributed by atoms with Gasteiger partial charge in [0, 0.05) is 32.4 Å². The van der Waals surface area contributed by atoms with Gasteiger partial charge in [0.25, 0.3) is 0 Å². The van der Waals surface area contributed by atoms with E-state index in [1.54, 1.807) is 18.3 Å². The average Bonchev–Trinajstić information content (AvgIpc) is 2.58. The van der Waals surface area contributed by atoms with Gasteiger partial charge in [-0.15, -0.1) is 0 Å². The molecule has 0 aromatic carbocycles. The van der Waals surface area contributed by atoms with Gasteiger partial charge in [-0.2, -0.15) is 5.26 Å². The summed E-state index contributed by atoms with van der Waals surface area (Å²) in [5.41, 5.74) is 0.617. The topological polar surface area (TPSA) is 78.2 Å². The third-order valence-electron chi connectivity index (χ3n) is 3.85. The summed E-state index contributed by atoms with van der Waals surface area (Å²) in [5.74, 6) is 1.18. The lowest BCUT2D eigenvalue weighted by atomic mass is 9.96. The number of ether oxygens (including phenoxy) is 1. The van der Waals surface area contributed by atoms with E-state index < -0.39 is 0 Å². The molecular formula is C16H22N4O2. The van der Waals surface area contributed by atoms with Crippen molar-refractivity contribution in [3.05, 3.63) is 23.9 Å². The minimum absolute atomic E-state index is 0.0548. The molecule has 1 amide bonds. The number of carbonyl (C=O) groups excluding carboxylic acids is 1. The first kappa shape index (κ1) is 16.2. The Morgan fingerprint density at radius 1 is 1.55 bits per heavy atom. The molecule has 2 rings (SSSR count). The largest absolute Gasteiger partial charge is 0.372 e. The first-order valence-corrected chi connectivity index (χ1v) is 7.69. The summed E-state index contributed by atoms with van der Waals surface area (Å²) in [4.78, 5) is 18.0. The molecule has 0 unspecified atom stereocenters. The number of rotatable bonds is 6. The van der Waals surface area contributed by atoms with Gasteiger partial charge in [-0.1, -0.05) is 0 Å². The van der Waals surface area contributed by atoms with Crippen LogP contribution in [0.25, 0.3) is 0 Å². The molecule has 6 heteroatoms. The van der Waals surface area contributed by atoms with Crippen LogP contribution < -0.4 is 10.2 Å². The highest BCUT2D eigenvalue weighted by Gasteiger charge is 2.22. The molecule has 1 aliphatic rings. The van der Waals surface area contributed by atoms with E-state index in [0.717, 1.165) is 31.7 Å². The molecule has 1 N–H and O–H groups in total. The van der Waals surface area contributed by atoms with Crippen molar-refractivity contribution in [2.45, 2.75) is 19.8 Å². The van der Waals surface area contributed by atoms with E-state index in [1.807, 2.05) is 6.92 Å². The summed E-state index contributed by atoms with van der Waals surface area (Å²) < 4.78 is 5.08. The number of carbonyl (C=O) groups is 1. The van der Waals surface area contributed by atoms with Crippen LogP contribution in [-0.2, 0) is 9.53 Å². The van der Waals surface area contributed by atoms with E-state index in [4.69, 9.17) is 10.00 Å². The van der Waals surface area contributed by atoms with Crippen LogP contribution in [0.3, 0.4) is 0 Å². The van der Waals surface area contributed by atoms with Crippen molar-refractivity contribution in [2.24, 2.45) is 5.92 Å². The van der Waals surface area contributed by atoms with Crippen molar-refractivity contribution < 1.29 is 9.53 Å². The molecule has 0 saturated carbocycles. The lowest BCUT2D eigenvalue weighted by Gasteiger charge is -2.33. The Labute approximate surface area is 131 Å². The van der Waals surface area contributed by atoms with Gasteiger partial charge in [0.05, 0.1) is 5.56 Å². The molecule has 22 heavy (non-hydrogen) atoms. The highest BCUT2D eigenvalue weighted by molar-refractivity contribution is 5.77. The lowest BCUT2D eigenvalue weighted by molar-refractivity contribution is -0.125. The van der Waals surface area contributed by atoms with E-state index in [9.17, 15) is 4.79 Å². The number of pyridine rings is 1. The van der Waals surface area contributed by atoms with Crippen LogP contribution in [0.2, 0.25) is 0 Å². The van der Waals surface area contributed by atoms with Crippen LogP contribution in [0.1, 0.15) is 25.3 Å². The molecular weight excluding hydrogens is 280 g/mol. The molecule has 0 atom stereocenters. The van der Waals surface area contributed by atoms with Gasteiger partial charge in [0.15, 0.2) is 0 Å². The second-order valence-corrected chi connectivity index (χ2v) is 5.36. The number of aromatic nitrogens is 1. The zero-order valence-corrected chi connectivity index (χ0v) is 12.9. The number of piperidine rings is 1. The maximum absolute atomic E-state index is 11.5. The Kier molecular flexibility index (Phi) is 6.16. The Morgan fingerprint density at radius 3 is 3.00 bits per heavy atom. The normalized spacial score (nSPS) is 15.4. The minimum Gasteiger partial charge on any atom is -0.372 e. The van der Waals surface area contributed by atoms with E-state index >= 15 is 0 Å². The summed E-state index contributed by atoms with van der Waals surface area (Å²) in [5, 5.41) is 12.1. The van der Waals surface area contributed by atoms with Gasteiger partial charge in [0.2, 0.25) is 5.91 Å². The average molecular weight is 302 g/mol. The molecule has 2 heterocycles. The Hall–Kier alpha value is -2.13. The van der Waals surface area contributed by atoms with Crippen molar-refractivity contribution in [3.63, 3.8) is 0 Å². The van der Waals surface area contributed by atoms with Gasteiger partial charge in [-0.3, -0.25) is 4.79 Å². The van der Waals surface area contributed by atoms with E-state index in [0.29, 0.717) is 24.6 Å². The molecule has 1 saturated heterocycles. The SMILES string of the molecule is CCOCC(=O)NCC1CCN(c2ncccc2C#N)CC1. The second kappa shape index (κ2) is 8.35. The number of amides is 1. The van der Waals surface area contributed by atoms with Gasteiger partial charge in [0.1, 0.15) is 18.5 Å². The molecule has 0 radical (unpaired) electrons. The lowest BCUT2D eigenvalue weighted by Crippen LogP contribution is -2.40. The smallest absolute Gasteiger partial charge is 0.246 e. The van der Waals surface area contributed by atoms with Crippen molar-refractivity contribution in [1.82, 2.24) is 10.3 Å². The number of hydrogen-bond donors (Lipinski definition) is 1. The summed E-state index contributed by atoms with van der Waals surface area (Å²) in [6.45, 7) is 4.96. The molecule has 1 aromatic heterocycles. The molecule has 1 aromatic rings. The molecule has 6 nitrogen and oxygen atoms in total. The van der Waals surface area contributed by atoms with E-state index in [-0.39, 0.29) is 12.5 Å². The van der Waals surface area contributed by atoms with Gasteiger partial charge >= 0.3 is 0 Å². The van der Waals surface area contributed by atoms with Crippen LogP contribution >= 0.6 is 0 Å². The molecule has 0 aliphatic carbocycles. The number of nitrogens with zero attached hydrogens (tertiary/aromatic N) is 3. The predicted molar refractivity (Wildman–Crippen MR) is 83.4 cm³/mol. The first-order chi connectivity index (χ1) is 10.7. The fourth-order valence-corrected chi connectivity index (χ4v) is 2.59. The fourth-order valence-electron chi connectivity index (χ4n) is 2.59. The zero-order chi connectivity index (χ0) is 15.8. The standard InChI is InChI=1S/C16H22N4O2/c1-2-22-12-15(21)19-11-13-5-8-20(9-6-13)16-14(10-17)4-3-7-18-16/h3-4,7,13H,2,5-6,8-9,11-12H2,1H3,(H,19,21). The molecule has 118 valence electrons. The van der Waals surface area contributed by atoms with Crippen molar-refractivity contribution in [1.29, 1.82) is 5.26 Å². The maximum Gasteiger partial charge on any atom is 0.246 e. The second-order valence-electron chi connectivity index (χ2n) is 5.36. The maximum atomic E-state index is 11.5. The number of nitrogens with one attached hydrogen (secondary N) is 1.